The summed E-state index contributed by atoms with van der Waals surface area (Å²) in [6.07, 6.45) is 3.87. The lowest BCUT2D eigenvalue weighted by Crippen LogP contribution is -2.51. The van der Waals surface area contributed by atoms with E-state index in [1.807, 2.05) is 0 Å². The molecule has 0 amide bonds. The van der Waals surface area contributed by atoms with Gasteiger partial charge in [0.15, 0.2) is 0 Å². The summed E-state index contributed by atoms with van der Waals surface area (Å²) in [5, 5.41) is 0. The molecule has 0 bridgehead atoms. The monoisotopic (exact) mass is 244 g/mol. The van der Waals surface area contributed by atoms with Crippen LogP contribution in [-0.4, -0.2) is 54.8 Å². The molecule has 0 N–H and O–H groups in total. The molecule has 1 aliphatic heterocycles. The third-order valence-corrected chi connectivity index (χ3v) is 4.15. The van der Waals surface area contributed by atoms with Gasteiger partial charge >= 0.3 is 0 Å². The average Bonchev–Trinajstić information content (AvgIpc) is 2.28. The zero-order valence-corrected chi connectivity index (χ0v) is 12.0. The molecule has 0 saturated carbocycles. The van der Waals surface area contributed by atoms with Crippen molar-refractivity contribution in [3.05, 3.63) is 0 Å². The molecule has 0 aromatic rings. The Balaban J connectivity index is 2.22. The van der Waals surface area contributed by atoms with Gasteiger partial charge in [0.1, 0.15) is 0 Å². The number of rotatable bonds is 6. The summed E-state index contributed by atoms with van der Waals surface area (Å²) in [6, 6.07) is 0.772. The van der Waals surface area contributed by atoms with Gasteiger partial charge in [-0.2, -0.15) is 12.6 Å². The van der Waals surface area contributed by atoms with Crippen molar-refractivity contribution < 1.29 is 0 Å². The molecule has 96 valence electrons. The number of likely N-dealkylation sites (N-methyl/N-ethyl adjacent to an activating group) is 1. The molecule has 16 heavy (non-hydrogen) atoms. The maximum absolute atomic E-state index is 4.30. The van der Waals surface area contributed by atoms with E-state index in [1.165, 1.54) is 45.4 Å². The van der Waals surface area contributed by atoms with Crippen LogP contribution in [0.25, 0.3) is 0 Å². The number of hydrogen-bond acceptors (Lipinski definition) is 3. The van der Waals surface area contributed by atoms with Crippen LogP contribution in [0.15, 0.2) is 0 Å². The first-order chi connectivity index (χ1) is 7.67. The van der Waals surface area contributed by atoms with Gasteiger partial charge in [0.25, 0.3) is 0 Å². The third kappa shape index (κ3) is 4.64. The topological polar surface area (TPSA) is 6.48 Å². The van der Waals surface area contributed by atoms with Crippen LogP contribution in [0, 0.1) is 5.92 Å². The van der Waals surface area contributed by atoms with Crippen molar-refractivity contribution in [2.24, 2.45) is 5.92 Å². The van der Waals surface area contributed by atoms with Gasteiger partial charge in [-0.15, -0.1) is 0 Å². The first-order valence-electron chi connectivity index (χ1n) is 6.70. The number of thiol groups is 1. The van der Waals surface area contributed by atoms with Crippen LogP contribution in [0.4, 0.5) is 0 Å². The molecule has 0 aromatic heterocycles. The lowest BCUT2D eigenvalue weighted by molar-refractivity contribution is 0.0894. The molecule has 0 spiro atoms. The van der Waals surface area contributed by atoms with Crippen LogP contribution >= 0.6 is 12.6 Å². The molecule has 1 aliphatic rings. The Bertz CT molecular complexity index is 187. The van der Waals surface area contributed by atoms with Gasteiger partial charge in [-0.3, -0.25) is 0 Å². The van der Waals surface area contributed by atoms with Crippen molar-refractivity contribution in [1.29, 1.82) is 0 Å². The zero-order chi connectivity index (χ0) is 12.0. The van der Waals surface area contributed by atoms with Crippen LogP contribution in [0.2, 0.25) is 0 Å². The summed E-state index contributed by atoms with van der Waals surface area (Å²) in [4.78, 5) is 5.15. The molecule has 0 radical (unpaired) electrons. The van der Waals surface area contributed by atoms with Crippen molar-refractivity contribution in [2.45, 2.75) is 39.2 Å². The van der Waals surface area contributed by atoms with E-state index in [1.54, 1.807) is 0 Å². The van der Waals surface area contributed by atoms with E-state index in [-0.39, 0.29) is 0 Å². The van der Waals surface area contributed by atoms with Crippen LogP contribution in [-0.2, 0) is 0 Å². The maximum Gasteiger partial charge on any atom is 0.0218 e. The van der Waals surface area contributed by atoms with Crippen LogP contribution in [0.1, 0.15) is 33.1 Å². The predicted octanol–water partition coefficient (Wildman–Crippen LogP) is 2.36. The minimum atomic E-state index is 0.772. The van der Waals surface area contributed by atoms with E-state index in [4.69, 9.17) is 0 Å². The van der Waals surface area contributed by atoms with Gasteiger partial charge in [-0.1, -0.05) is 13.8 Å². The maximum atomic E-state index is 4.30. The fourth-order valence-electron chi connectivity index (χ4n) is 2.42. The summed E-state index contributed by atoms with van der Waals surface area (Å²) >= 11 is 4.30. The molecule has 1 heterocycles. The molecule has 1 fully saturated rings. The highest BCUT2D eigenvalue weighted by Crippen LogP contribution is 2.14. The largest absolute Gasteiger partial charge is 0.301 e. The predicted molar refractivity (Wildman–Crippen MR) is 75.4 cm³/mol. The molecule has 1 rings (SSSR count). The Hall–Kier alpha value is 0.270. The van der Waals surface area contributed by atoms with Gasteiger partial charge in [-0.05, 0) is 44.5 Å². The Morgan fingerprint density at radius 1 is 1.31 bits per heavy atom. The summed E-state index contributed by atoms with van der Waals surface area (Å²) in [6.45, 7) is 9.68. The van der Waals surface area contributed by atoms with E-state index < -0.39 is 0 Å². The Morgan fingerprint density at radius 2 is 2.06 bits per heavy atom. The van der Waals surface area contributed by atoms with Crippen LogP contribution in [0.5, 0.6) is 0 Å². The lowest BCUT2D eigenvalue weighted by Gasteiger charge is -2.39. The number of nitrogens with zero attached hydrogens (tertiary/aromatic N) is 2. The van der Waals surface area contributed by atoms with Gasteiger partial charge in [0.05, 0.1) is 0 Å². The normalized spacial score (nSPS) is 25.9. The van der Waals surface area contributed by atoms with E-state index in [2.05, 4.69) is 43.3 Å². The van der Waals surface area contributed by atoms with Gasteiger partial charge in [0.2, 0.25) is 0 Å². The Labute approximate surface area is 107 Å². The Morgan fingerprint density at radius 3 is 2.69 bits per heavy atom. The minimum absolute atomic E-state index is 0.772. The van der Waals surface area contributed by atoms with Crippen molar-refractivity contribution in [3.8, 4) is 0 Å². The minimum Gasteiger partial charge on any atom is -0.301 e. The zero-order valence-electron chi connectivity index (χ0n) is 11.2. The first kappa shape index (κ1) is 14.3. The van der Waals surface area contributed by atoms with E-state index in [0.717, 1.165) is 17.7 Å². The van der Waals surface area contributed by atoms with Gasteiger partial charge in [-0.25, -0.2) is 0 Å². The second-order valence-corrected chi connectivity index (χ2v) is 5.70. The van der Waals surface area contributed by atoms with Crippen molar-refractivity contribution in [1.82, 2.24) is 9.80 Å². The molecule has 2 atom stereocenters. The van der Waals surface area contributed by atoms with Crippen molar-refractivity contribution in [2.75, 3.05) is 39.0 Å². The SMILES string of the molecule is CCC1CN(CCC(C)CCS)CCN1C. The van der Waals surface area contributed by atoms with E-state index >= 15 is 0 Å². The molecular weight excluding hydrogens is 216 g/mol. The summed E-state index contributed by atoms with van der Waals surface area (Å²) in [7, 11) is 2.26. The third-order valence-electron chi connectivity index (χ3n) is 3.89. The smallest absolute Gasteiger partial charge is 0.0218 e. The molecule has 3 heteroatoms. The summed E-state index contributed by atoms with van der Waals surface area (Å²) in [5.41, 5.74) is 0. The van der Waals surface area contributed by atoms with Crippen LogP contribution < -0.4 is 0 Å². The standard InChI is InChI=1S/C13H28N2S/c1-4-13-11-15(9-8-14(13)3)7-5-12(2)6-10-16/h12-13,16H,4-11H2,1-3H3. The summed E-state index contributed by atoms with van der Waals surface area (Å²) in [5.74, 6) is 1.86. The fraction of sp³-hybridized carbons (Fsp3) is 1.00. The highest BCUT2D eigenvalue weighted by molar-refractivity contribution is 7.80. The van der Waals surface area contributed by atoms with E-state index in [0.29, 0.717) is 0 Å². The highest BCUT2D eigenvalue weighted by Gasteiger charge is 2.22. The fourth-order valence-corrected chi connectivity index (χ4v) is 2.86. The van der Waals surface area contributed by atoms with E-state index in [9.17, 15) is 0 Å². The molecule has 2 nitrogen and oxygen atoms in total. The highest BCUT2D eigenvalue weighted by atomic mass is 32.1. The molecule has 2 unspecified atom stereocenters. The average molecular weight is 244 g/mol. The van der Waals surface area contributed by atoms with Gasteiger partial charge in [0, 0.05) is 25.7 Å². The van der Waals surface area contributed by atoms with Crippen molar-refractivity contribution >= 4 is 12.6 Å². The second-order valence-electron chi connectivity index (χ2n) is 5.25. The Kier molecular flexibility index (Phi) is 6.78. The quantitative estimate of drug-likeness (QED) is 0.717. The number of piperazine rings is 1. The summed E-state index contributed by atoms with van der Waals surface area (Å²) < 4.78 is 0. The second kappa shape index (κ2) is 7.57. The van der Waals surface area contributed by atoms with Gasteiger partial charge < -0.3 is 9.80 Å². The first-order valence-corrected chi connectivity index (χ1v) is 7.34. The molecular formula is C13H28N2S. The number of hydrogen-bond donors (Lipinski definition) is 1. The van der Waals surface area contributed by atoms with Crippen molar-refractivity contribution in [3.63, 3.8) is 0 Å². The molecule has 0 aliphatic carbocycles. The molecule has 0 aromatic carbocycles. The van der Waals surface area contributed by atoms with Crippen LogP contribution in [0.3, 0.4) is 0 Å². The lowest BCUT2D eigenvalue weighted by atomic mass is 10.0. The molecule has 1 saturated heterocycles.